The van der Waals surface area contributed by atoms with Gasteiger partial charge in [0, 0.05) is 24.0 Å². The lowest BCUT2D eigenvalue weighted by atomic mass is 10.1. The van der Waals surface area contributed by atoms with Crippen LogP contribution >= 0.6 is 0 Å². The number of nitriles is 1. The first kappa shape index (κ1) is 24.4. The number of anilines is 2. The average Bonchev–Trinajstić information content (AvgIpc) is 3.43. The lowest BCUT2D eigenvalue weighted by molar-refractivity contribution is 0.303. The molecule has 1 aliphatic heterocycles. The number of aryl methyl sites for hydroxylation is 2. The fourth-order valence-electron chi connectivity index (χ4n) is 5.10. The first-order chi connectivity index (χ1) is 17.8. The Kier molecular flexibility index (Phi) is 6.38. The summed E-state index contributed by atoms with van der Waals surface area (Å²) >= 11 is 0. The van der Waals surface area contributed by atoms with E-state index in [1.165, 1.54) is 0 Å². The number of nitrogens with two attached hydrogens (primary N) is 1. The van der Waals surface area contributed by atoms with E-state index >= 15 is 0 Å². The van der Waals surface area contributed by atoms with Crippen molar-refractivity contribution in [2.24, 2.45) is 0 Å². The molecule has 1 atom stereocenters. The van der Waals surface area contributed by atoms with Crippen LogP contribution in [0.15, 0.2) is 42.5 Å². The monoisotopic (exact) mass is 499 g/mol. The molecule has 5 rings (SSSR count). The van der Waals surface area contributed by atoms with Gasteiger partial charge >= 0.3 is 0 Å². The minimum Gasteiger partial charge on any atom is -0.497 e. The highest BCUT2D eigenvalue weighted by molar-refractivity contribution is 5.94. The van der Waals surface area contributed by atoms with Gasteiger partial charge in [-0.1, -0.05) is 18.2 Å². The van der Waals surface area contributed by atoms with Gasteiger partial charge in [0.2, 0.25) is 0 Å². The summed E-state index contributed by atoms with van der Waals surface area (Å²) in [6.45, 7) is 7.24. The fourth-order valence-corrected chi connectivity index (χ4v) is 5.10. The van der Waals surface area contributed by atoms with Crippen molar-refractivity contribution in [3.8, 4) is 23.3 Å². The normalized spacial score (nSPS) is 15.2. The minimum atomic E-state index is -0.855. The van der Waals surface area contributed by atoms with Gasteiger partial charge in [-0.15, -0.1) is 0 Å². The van der Waals surface area contributed by atoms with Crippen LogP contribution in [0.2, 0.25) is 0 Å². The van der Waals surface area contributed by atoms with Gasteiger partial charge < -0.3 is 20.1 Å². The van der Waals surface area contributed by atoms with Gasteiger partial charge in [-0.05, 0) is 62.6 Å². The van der Waals surface area contributed by atoms with E-state index in [1.807, 2.05) is 72.7 Å². The quantitative estimate of drug-likeness (QED) is 0.375. The summed E-state index contributed by atoms with van der Waals surface area (Å²) in [4.78, 5) is 6.88. The molecule has 1 aliphatic rings. The highest BCUT2D eigenvalue weighted by atomic mass is 19.1. The van der Waals surface area contributed by atoms with Crippen molar-refractivity contribution in [2.75, 3.05) is 30.8 Å². The molecular weight excluding hydrogens is 469 g/mol. The number of pyridine rings is 1. The molecule has 190 valence electrons. The zero-order valence-electron chi connectivity index (χ0n) is 21.5. The number of rotatable bonds is 6. The van der Waals surface area contributed by atoms with Crippen molar-refractivity contribution in [1.82, 2.24) is 9.55 Å². The molecule has 0 spiro atoms. The van der Waals surface area contributed by atoms with Gasteiger partial charge in [-0.25, -0.2) is 9.37 Å². The molecule has 2 N–H and O–H groups in total. The number of nitrogen functional groups attached to an aromatic ring is 1. The minimum absolute atomic E-state index is 0.324. The average molecular weight is 500 g/mol. The molecule has 0 saturated carbocycles. The van der Waals surface area contributed by atoms with E-state index in [2.05, 4.69) is 6.07 Å². The van der Waals surface area contributed by atoms with Gasteiger partial charge in [0.25, 0.3) is 0 Å². The first-order valence-corrected chi connectivity index (χ1v) is 12.3. The summed E-state index contributed by atoms with van der Waals surface area (Å²) in [5.74, 6) is 1.83. The fraction of sp³-hybridized carbons (Fsp3) is 0.310. The number of ether oxygens (including phenoxy) is 2. The van der Waals surface area contributed by atoms with Gasteiger partial charge in [-0.3, -0.25) is 4.57 Å². The van der Waals surface area contributed by atoms with E-state index < -0.39 is 6.17 Å². The summed E-state index contributed by atoms with van der Waals surface area (Å²) in [6, 6.07) is 15.9. The van der Waals surface area contributed by atoms with Crippen LogP contribution in [0.1, 0.15) is 34.4 Å². The number of nitrogens with zero attached hydrogens (tertiary/aromatic N) is 4. The van der Waals surface area contributed by atoms with Crippen molar-refractivity contribution in [3.63, 3.8) is 0 Å². The molecule has 8 heteroatoms. The van der Waals surface area contributed by atoms with Crippen LogP contribution in [0.5, 0.6) is 11.5 Å². The number of alkyl halides is 1. The molecule has 0 aliphatic carbocycles. The van der Waals surface area contributed by atoms with Crippen molar-refractivity contribution >= 4 is 22.5 Å². The summed E-state index contributed by atoms with van der Waals surface area (Å²) in [6.07, 6.45) is -0.362. The molecule has 3 heterocycles. The van der Waals surface area contributed by atoms with E-state index in [4.69, 9.17) is 20.2 Å². The van der Waals surface area contributed by atoms with E-state index in [-0.39, 0.29) is 0 Å². The molecule has 0 amide bonds. The smallest absolute Gasteiger partial charge is 0.147 e. The Balaban J connectivity index is 1.58. The van der Waals surface area contributed by atoms with Crippen molar-refractivity contribution in [3.05, 3.63) is 70.4 Å². The van der Waals surface area contributed by atoms with Crippen LogP contribution in [0.25, 0.3) is 16.7 Å². The first-order valence-electron chi connectivity index (χ1n) is 12.3. The Morgan fingerprint density at radius 3 is 2.57 bits per heavy atom. The molecule has 2 aromatic carbocycles. The third kappa shape index (κ3) is 4.31. The number of fused-ring (bicyclic) bond motifs is 1. The molecular formula is C29H30FN5O2. The zero-order valence-corrected chi connectivity index (χ0v) is 21.5. The van der Waals surface area contributed by atoms with Gasteiger partial charge in [0.05, 0.1) is 24.2 Å². The maximum absolute atomic E-state index is 13.9. The van der Waals surface area contributed by atoms with E-state index in [9.17, 15) is 9.65 Å². The van der Waals surface area contributed by atoms with Gasteiger partial charge in [0.1, 0.15) is 47.4 Å². The van der Waals surface area contributed by atoms with Crippen molar-refractivity contribution in [2.45, 2.75) is 40.0 Å². The number of hydrogen-bond donors (Lipinski definition) is 1. The van der Waals surface area contributed by atoms with Crippen molar-refractivity contribution in [1.29, 1.82) is 5.26 Å². The molecule has 37 heavy (non-hydrogen) atoms. The second-order valence-electron chi connectivity index (χ2n) is 9.49. The Morgan fingerprint density at radius 2 is 1.92 bits per heavy atom. The molecule has 1 saturated heterocycles. The Bertz CT molecular complexity index is 1520. The molecule has 2 aromatic heterocycles. The van der Waals surface area contributed by atoms with Crippen LogP contribution in [0, 0.1) is 32.1 Å². The standard InChI is InChI=1S/C29H30FN5O2/c1-17-5-10-26(37-16-20-6-8-22(36-4)9-7-20)18(2)27(17)35-28(32)24(14-31)23-13-25(19(3)33-29(23)35)34-12-11-21(30)15-34/h5-10,13,21H,11-12,15-16,32H2,1-4H3/t21-/m0/s1. The Labute approximate surface area is 215 Å². The van der Waals surface area contributed by atoms with E-state index in [0.29, 0.717) is 48.5 Å². The van der Waals surface area contributed by atoms with Crippen LogP contribution in [-0.4, -0.2) is 35.9 Å². The molecule has 0 unspecified atom stereocenters. The Hall–Kier alpha value is -4.25. The summed E-state index contributed by atoms with van der Waals surface area (Å²) < 4.78 is 27.2. The molecule has 0 radical (unpaired) electrons. The number of methoxy groups -OCH3 is 1. The molecule has 7 nitrogen and oxygen atoms in total. The summed E-state index contributed by atoms with van der Waals surface area (Å²) in [5, 5.41) is 10.7. The summed E-state index contributed by atoms with van der Waals surface area (Å²) in [5.41, 5.74) is 12.9. The number of halogens is 1. The second kappa shape index (κ2) is 9.66. The molecule has 4 aromatic rings. The van der Waals surface area contributed by atoms with Crippen LogP contribution < -0.4 is 20.1 Å². The maximum atomic E-state index is 13.9. The van der Waals surface area contributed by atoms with Gasteiger partial charge in [-0.2, -0.15) is 5.26 Å². The highest BCUT2D eigenvalue weighted by Crippen LogP contribution is 2.38. The highest BCUT2D eigenvalue weighted by Gasteiger charge is 2.27. The van der Waals surface area contributed by atoms with Gasteiger partial charge in [0.15, 0.2) is 0 Å². The summed E-state index contributed by atoms with van der Waals surface area (Å²) in [7, 11) is 1.64. The van der Waals surface area contributed by atoms with Crippen molar-refractivity contribution < 1.29 is 13.9 Å². The Morgan fingerprint density at radius 1 is 1.16 bits per heavy atom. The predicted octanol–water partition coefficient (Wildman–Crippen LogP) is 5.54. The van der Waals surface area contributed by atoms with E-state index in [0.717, 1.165) is 45.3 Å². The molecule has 1 fully saturated rings. The largest absolute Gasteiger partial charge is 0.497 e. The van der Waals surface area contributed by atoms with Crippen LogP contribution in [0.3, 0.4) is 0 Å². The third-order valence-corrected chi connectivity index (χ3v) is 7.09. The number of hydrogen-bond acceptors (Lipinski definition) is 6. The molecule has 0 bridgehead atoms. The third-order valence-electron chi connectivity index (χ3n) is 7.09. The lowest BCUT2D eigenvalue weighted by Gasteiger charge is -2.20. The zero-order chi connectivity index (χ0) is 26.3. The SMILES string of the molecule is COc1ccc(COc2ccc(C)c(-n3c(N)c(C#N)c4cc(N5CC[C@H](F)C5)c(C)nc43)c2C)cc1. The number of aromatic nitrogens is 2. The maximum Gasteiger partial charge on any atom is 0.147 e. The van der Waals surface area contributed by atoms with Crippen LogP contribution in [0.4, 0.5) is 15.9 Å². The topological polar surface area (TPSA) is 89.3 Å². The van der Waals surface area contributed by atoms with E-state index in [1.54, 1.807) is 7.11 Å². The second-order valence-corrected chi connectivity index (χ2v) is 9.49. The van der Waals surface area contributed by atoms with Crippen LogP contribution in [-0.2, 0) is 6.61 Å². The number of benzene rings is 2. The lowest BCUT2D eigenvalue weighted by Crippen LogP contribution is -2.21. The predicted molar refractivity (Wildman–Crippen MR) is 143 cm³/mol.